The van der Waals surface area contributed by atoms with Crippen LogP contribution in [0.5, 0.6) is 0 Å². The third kappa shape index (κ3) is 2.47. The van der Waals surface area contributed by atoms with Gasteiger partial charge in [0.05, 0.1) is 0 Å². The molecule has 7 N–H and O–H groups in total. The summed E-state index contributed by atoms with van der Waals surface area (Å²) in [5, 5.41) is 16.4. The predicted molar refractivity (Wildman–Crippen MR) is 62.0 cm³/mol. The van der Waals surface area contributed by atoms with E-state index in [9.17, 15) is 0 Å². The first-order chi connectivity index (χ1) is 7.05. The Morgan fingerprint density at radius 1 is 0.933 bits per heavy atom. The first-order valence-corrected chi connectivity index (χ1v) is 5.36. The van der Waals surface area contributed by atoms with Crippen molar-refractivity contribution in [2.75, 3.05) is 28.2 Å². The molecule has 1 aliphatic rings. The molecule has 0 aliphatic carbocycles. The third-order valence-corrected chi connectivity index (χ3v) is 3.27. The van der Waals surface area contributed by atoms with Gasteiger partial charge in [-0.15, -0.1) is 0 Å². The van der Waals surface area contributed by atoms with E-state index >= 15 is 0 Å². The summed E-state index contributed by atoms with van der Waals surface area (Å²) in [4.78, 5) is 0. The van der Waals surface area contributed by atoms with Gasteiger partial charge in [0.15, 0.2) is 0 Å². The Morgan fingerprint density at radius 3 is 1.53 bits per heavy atom. The van der Waals surface area contributed by atoms with Gasteiger partial charge < -0.3 is 5.73 Å². The molecule has 15 heavy (non-hydrogen) atoms. The SMILES string of the molecule is CNC1(NC)CC(N)CC(NC)(NC)N1. The van der Waals surface area contributed by atoms with Gasteiger partial charge in [-0.2, -0.15) is 0 Å². The number of piperidine rings is 1. The van der Waals surface area contributed by atoms with Gasteiger partial charge in [-0.3, -0.25) is 26.6 Å². The van der Waals surface area contributed by atoms with E-state index in [1.807, 2.05) is 28.2 Å². The van der Waals surface area contributed by atoms with Gasteiger partial charge in [-0.25, -0.2) is 0 Å². The molecule has 6 nitrogen and oxygen atoms in total. The van der Waals surface area contributed by atoms with Crippen molar-refractivity contribution in [2.45, 2.75) is 30.5 Å². The number of nitrogens with two attached hydrogens (primary N) is 1. The number of nitrogens with one attached hydrogen (secondary N) is 5. The van der Waals surface area contributed by atoms with E-state index in [4.69, 9.17) is 5.73 Å². The molecule has 0 unspecified atom stereocenters. The second kappa shape index (κ2) is 4.73. The van der Waals surface area contributed by atoms with Crippen LogP contribution in [0.2, 0.25) is 0 Å². The van der Waals surface area contributed by atoms with Crippen molar-refractivity contribution < 1.29 is 0 Å². The maximum absolute atomic E-state index is 6.09. The van der Waals surface area contributed by atoms with Crippen LogP contribution in [-0.4, -0.2) is 45.8 Å². The van der Waals surface area contributed by atoms with Crippen molar-refractivity contribution in [2.24, 2.45) is 5.73 Å². The lowest BCUT2D eigenvalue weighted by Gasteiger charge is -2.51. The van der Waals surface area contributed by atoms with Crippen LogP contribution < -0.4 is 32.3 Å². The van der Waals surface area contributed by atoms with Gasteiger partial charge in [0.25, 0.3) is 0 Å². The fourth-order valence-electron chi connectivity index (χ4n) is 2.23. The minimum atomic E-state index is -0.330. The van der Waals surface area contributed by atoms with Gasteiger partial charge in [0.1, 0.15) is 11.6 Å². The molecule has 0 aromatic carbocycles. The summed E-state index contributed by atoms with van der Waals surface area (Å²) < 4.78 is 0. The largest absolute Gasteiger partial charge is 0.327 e. The molecule has 1 heterocycles. The van der Waals surface area contributed by atoms with E-state index in [1.165, 1.54) is 0 Å². The molecule has 0 aromatic rings. The highest BCUT2D eigenvalue weighted by Crippen LogP contribution is 2.21. The van der Waals surface area contributed by atoms with Gasteiger partial charge in [0.2, 0.25) is 0 Å². The zero-order valence-corrected chi connectivity index (χ0v) is 10.1. The van der Waals surface area contributed by atoms with Crippen molar-refractivity contribution in [1.29, 1.82) is 0 Å². The minimum absolute atomic E-state index is 0.131. The Balaban J connectivity index is 2.87. The molecule has 0 bridgehead atoms. The lowest BCUT2D eigenvalue weighted by Crippen LogP contribution is -2.82. The van der Waals surface area contributed by atoms with E-state index < -0.39 is 0 Å². The van der Waals surface area contributed by atoms with Crippen molar-refractivity contribution in [3.05, 3.63) is 0 Å². The summed E-state index contributed by atoms with van der Waals surface area (Å²) in [6.07, 6.45) is 1.68. The van der Waals surface area contributed by atoms with E-state index in [2.05, 4.69) is 26.6 Å². The lowest BCUT2D eigenvalue weighted by atomic mass is 9.94. The summed E-state index contributed by atoms with van der Waals surface area (Å²) in [6.45, 7) is 0. The standard InChI is InChI=1S/C9H24N6/c1-11-8(12-2)5-7(10)6-9(13-3,14-4)15-8/h7,11-15H,5-6,10H2,1-4H3. The third-order valence-electron chi connectivity index (χ3n) is 3.27. The second-order valence-corrected chi connectivity index (χ2v) is 4.10. The number of hydrogen-bond acceptors (Lipinski definition) is 6. The molecular formula is C9H24N6. The van der Waals surface area contributed by atoms with Crippen molar-refractivity contribution in [1.82, 2.24) is 26.6 Å². The highest BCUT2D eigenvalue weighted by atomic mass is 15.5. The summed E-state index contributed by atoms with van der Waals surface area (Å²) in [6, 6.07) is 0.131. The van der Waals surface area contributed by atoms with Crippen LogP contribution in [0.3, 0.4) is 0 Å². The summed E-state index contributed by atoms with van der Waals surface area (Å²) in [7, 11) is 7.66. The Morgan fingerprint density at radius 2 is 1.27 bits per heavy atom. The fraction of sp³-hybridized carbons (Fsp3) is 1.00. The van der Waals surface area contributed by atoms with Crippen LogP contribution >= 0.6 is 0 Å². The lowest BCUT2D eigenvalue weighted by molar-refractivity contribution is 0.0356. The van der Waals surface area contributed by atoms with Gasteiger partial charge in [-0.1, -0.05) is 0 Å². The molecule has 90 valence electrons. The molecule has 1 rings (SSSR count). The number of hydrogen-bond donors (Lipinski definition) is 6. The first-order valence-electron chi connectivity index (χ1n) is 5.36. The molecule has 1 aliphatic heterocycles. The van der Waals surface area contributed by atoms with Crippen LogP contribution in [0.25, 0.3) is 0 Å². The van der Waals surface area contributed by atoms with E-state index in [-0.39, 0.29) is 17.6 Å². The summed E-state index contributed by atoms with van der Waals surface area (Å²) >= 11 is 0. The normalized spacial score (nSPS) is 25.4. The molecule has 0 atom stereocenters. The maximum atomic E-state index is 6.09. The van der Waals surface area contributed by atoms with Crippen LogP contribution in [0.15, 0.2) is 0 Å². The first kappa shape index (κ1) is 12.8. The highest BCUT2D eigenvalue weighted by molar-refractivity contribution is 5.00. The monoisotopic (exact) mass is 216 g/mol. The quantitative estimate of drug-likeness (QED) is 0.302. The smallest absolute Gasteiger partial charge is 0.126 e. The Hall–Kier alpha value is -0.240. The zero-order chi connectivity index (χ0) is 11.5. The number of rotatable bonds is 4. The minimum Gasteiger partial charge on any atom is -0.327 e. The molecule has 1 fully saturated rings. The van der Waals surface area contributed by atoms with Crippen LogP contribution in [-0.2, 0) is 0 Å². The molecule has 0 saturated carbocycles. The highest BCUT2D eigenvalue weighted by Gasteiger charge is 2.44. The molecule has 6 heteroatoms. The van der Waals surface area contributed by atoms with E-state index in [0.717, 1.165) is 12.8 Å². The maximum Gasteiger partial charge on any atom is 0.126 e. The topological polar surface area (TPSA) is 86.2 Å². The van der Waals surface area contributed by atoms with Crippen LogP contribution in [0, 0.1) is 0 Å². The van der Waals surface area contributed by atoms with E-state index in [0.29, 0.717) is 0 Å². The fourth-order valence-corrected chi connectivity index (χ4v) is 2.23. The summed E-state index contributed by atoms with van der Waals surface area (Å²) in [5.41, 5.74) is 6.09. The van der Waals surface area contributed by atoms with Crippen LogP contribution in [0.4, 0.5) is 0 Å². The van der Waals surface area contributed by atoms with Crippen molar-refractivity contribution >= 4 is 0 Å². The van der Waals surface area contributed by atoms with E-state index in [1.54, 1.807) is 0 Å². The molecular weight excluding hydrogens is 192 g/mol. The van der Waals surface area contributed by atoms with Crippen molar-refractivity contribution in [3.63, 3.8) is 0 Å². The zero-order valence-electron chi connectivity index (χ0n) is 10.1. The molecule has 0 spiro atoms. The Labute approximate surface area is 91.7 Å². The summed E-state index contributed by atoms with van der Waals surface area (Å²) in [5.74, 6) is -0.659. The second-order valence-electron chi connectivity index (χ2n) is 4.10. The molecule has 0 amide bonds. The molecule has 0 aromatic heterocycles. The average molecular weight is 216 g/mol. The van der Waals surface area contributed by atoms with Gasteiger partial charge in [0, 0.05) is 18.9 Å². The Bertz CT molecular complexity index is 179. The van der Waals surface area contributed by atoms with Crippen LogP contribution in [0.1, 0.15) is 12.8 Å². The average Bonchev–Trinajstić information content (AvgIpc) is 2.28. The van der Waals surface area contributed by atoms with Crippen molar-refractivity contribution in [3.8, 4) is 0 Å². The molecule has 1 saturated heterocycles. The van der Waals surface area contributed by atoms with Gasteiger partial charge >= 0.3 is 0 Å². The molecule has 0 radical (unpaired) electrons. The van der Waals surface area contributed by atoms with Gasteiger partial charge in [-0.05, 0) is 28.2 Å². The Kier molecular flexibility index (Phi) is 4.05. The predicted octanol–water partition coefficient (Wildman–Crippen LogP) is -2.12.